The van der Waals surface area contributed by atoms with Gasteiger partial charge < -0.3 is 9.47 Å². The van der Waals surface area contributed by atoms with Crippen molar-refractivity contribution in [3.05, 3.63) is 42.0 Å². The van der Waals surface area contributed by atoms with Crippen LogP contribution < -0.4 is 4.74 Å². The van der Waals surface area contributed by atoms with Crippen LogP contribution in [-0.4, -0.2) is 19.7 Å². The third kappa shape index (κ3) is 3.77. The molecule has 0 atom stereocenters. The monoisotopic (exact) mass is 220 g/mol. The number of benzene rings is 1. The molecule has 16 heavy (non-hydrogen) atoms. The Hall–Kier alpha value is -1.77. The lowest BCUT2D eigenvalue weighted by Gasteiger charge is -2.05. The van der Waals surface area contributed by atoms with Gasteiger partial charge in [0.1, 0.15) is 5.75 Å². The van der Waals surface area contributed by atoms with Gasteiger partial charge in [-0.3, -0.25) is 0 Å². The molecule has 1 aromatic rings. The topological polar surface area (TPSA) is 35.5 Å². The van der Waals surface area contributed by atoms with Crippen molar-refractivity contribution in [2.45, 2.75) is 13.3 Å². The van der Waals surface area contributed by atoms with Crippen LogP contribution in [0.5, 0.6) is 5.75 Å². The second kappa shape index (κ2) is 5.95. The summed E-state index contributed by atoms with van der Waals surface area (Å²) in [6.45, 7) is 5.52. The van der Waals surface area contributed by atoms with Gasteiger partial charge in [0.2, 0.25) is 0 Å². The van der Waals surface area contributed by atoms with Gasteiger partial charge in [-0.25, -0.2) is 4.79 Å². The summed E-state index contributed by atoms with van der Waals surface area (Å²) in [4.78, 5) is 11.1. The van der Waals surface area contributed by atoms with E-state index in [-0.39, 0.29) is 5.97 Å². The van der Waals surface area contributed by atoms with E-state index in [1.54, 1.807) is 14.0 Å². The molecule has 0 radical (unpaired) electrons. The molecule has 0 heterocycles. The molecule has 86 valence electrons. The fourth-order valence-corrected chi connectivity index (χ4v) is 1.18. The largest absolute Gasteiger partial charge is 0.497 e. The van der Waals surface area contributed by atoms with Crippen molar-refractivity contribution in [3.63, 3.8) is 0 Å². The predicted molar refractivity (Wildman–Crippen MR) is 62.5 cm³/mol. The van der Waals surface area contributed by atoms with Crippen molar-refractivity contribution >= 4 is 5.97 Å². The first kappa shape index (κ1) is 12.3. The lowest BCUT2D eigenvalue weighted by Crippen LogP contribution is -2.07. The van der Waals surface area contributed by atoms with Gasteiger partial charge in [0.25, 0.3) is 0 Å². The van der Waals surface area contributed by atoms with Crippen LogP contribution in [0, 0.1) is 0 Å². The molecule has 0 unspecified atom stereocenters. The minimum absolute atomic E-state index is 0.339. The maximum absolute atomic E-state index is 11.1. The van der Waals surface area contributed by atoms with Gasteiger partial charge in [-0.15, -0.1) is 0 Å². The summed E-state index contributed by atoms with van der Waals surface area (Å²) in [5.74, 6) is 0.483. The molecular formula is C13H16O3. The minimum Gasteiger partial charge on any atom is -0.497 e. The Morgan fingerprint density at radius 2 is 1.94 bits per heavy atom. The molecule has 3 heteroatoms. The second-order valence-electron chi connectivity index (χ2n) is 3.51. The van der Waals surface area contributed by atoms with Gasteiger partial charge in [-0.2, -0.15) is 0 Å². The van der Waals surface area contributed by atoms with Gasteiger partial charge in [0, 0.05) is 12.0 Å². The van der Waals surface area contributed by atoms with Crippen molar-refractivity contribution in [2.24, 2.45) is 0 Å². The summed E-state index contributed by atoms with van der Waals surface area (Å²) in [6.07, 6.45) is 0.697. The summed E-state index contributed by atoms with van der Waals surface area (Å²) in [5, 5.41) is 0. The molecule has 0 aliphatic heterocycles. The van der Waals surface area contributed by atoms with Gasteiger partial charge in [0.15, 0.2) is 0 Å². The predicted octanol–water partition coefficient (Wildman–Crippen LogP) is 2.36. The highest BCUT2D eigenvalue weighted by Crippen LogP contribution is 2.11. The Morgan fingerprint density at radius 3 is 2.44 bits per heavy atom. The van der Waals surface area contributed by atoms with Crippen LogP contribution >= 0.6 is 0 Å². The van der Waals surface area contributed by atoms with Crippen molar-refractivity contribution in [1.82, 2.24) is 0 Å². The highest BCUT2D eigenvalue weighted by molar-refractivity contribution is 5.86. The Kier molecular flexibility index (Phi) is 4.58. The zero-order valence-electron chi connectivity index (χ0n) is 9.66. The minimum atomic E-state index is -0.339. The van der Waals surface area contributed by atoms with Gasteiger partial charge in [0.05, 0.1) is 13.7 Å². The zero-order valence-corrected chi connectivity index (χ0v) is 9.66. The maximum atomic E-state index is 11.1. The summed E-state index contributed by atoms with van der Waals surface area (Å²) in [5.41, 5.74) is 1.53. The standard InChI is InChI=1S/C13H16O3/c1-10(2)13(14)16-9-8-11-4-6-12(15-3)7-5-11/h4-7H,1,8-9H2,2-3H3. The van der Waals surface area contributed by atoms with Crippen LogP contribution in [0.1, 0.15) is 12.5 Å². The molecule has 0 aromatic heterocycles. The number of esters is 1. The van der Waals surface area contributed by atoms with E-state index in [2.05, 4.69) is 6.58 Å². The van der Waals surface area contributed by atoms with E-state index in [0.29, 0.717) is 18.6 Å². The molecule has 0 aliphatic carbocycles. The van der Waals surface area contributed by atoms with Gasteiger partial charge in [-0.1, -0.05) is 18.7 Å². The van der Waals surface area contributed by atoms with E-state index in [1.807, 2.05) is 24.3 Å². The summed E-state index contributed by atoms with van der Waals surface area (Å²) >= 11 is 0. The molecule has 0 saturated heterocycles. The third-order valence-corrected chi connectivity index (χ3v) is 2.13. The average molecular weight is 220 g/mol. The smallest absolute Gasteiger partial charge is 0.333 e. The molecule has 3 nitrogen and oxygen atoms in total. The number of rotatable bonds is 5. The first-order valence-corrected chi connectivity index (χ1v) is 5.09. The highest BCUT2D eigenvalue weighted by atomic mass is 16.5. The molecule has 1 rings (SSSR count). The van der Waals surface area contributed by atoms with E-state index >= 15 is 0 Å². The molecule has 0 spiro atoms. The molecule has 0 saturated carbocycles. The zero-order chi connectivity index (χ0) is 12.0. The van der Waals surface area contributed by atoms with Crippen molar-refractivity contribution in [1.29, 1.82) is 0 Å². The Morgan fingerprint density at radius 1 is 1.31 bits per heavy atom. The number of carbonyl (C=O) groups is 1. The lowest BCUT2D eigenvalue weighted by molar-refractivity contribution is -0.138. The number of hydrogen-bond donors (Lipinski definition) is 0. The maximum Gasteiger partial charge on any atom is 0.333 e. The van der Waals surface area contributed by atoms with E-state index in [0.717, 1.165) is 11.3 Å². The number of hydrogen-bond acceptors (Lipinski definition) is 3. The average Bonchev–Trinajstić information content (AvgIpc) is 2.29. The van der Waals surface area contributed by atoms with E-state index < -0.39 is 0 Å². The summed E-state index contributed by atoms with van der Waals surface area (Å²) in [6, 6.07) is 7.67. The van der Waals surface area contributed by atoms with E-state index in [4.69, 9.17) is 9.47 Å². The quantitative estimate of drug-likeness (QED) is 0.564. The molecule has 0 aliphatic rings. The molecule has 0 amide bonds. The van der Waals surface area contributed by atoms with E-state index in [1.165, 1.54) is 0 Å². The van der Waals surface area contributed by atoms with Crippen LogP contribution in [-0.2, 0) is 16.0 Å². The molecular weight excluding hydrogens is 204 g/mol. The Labute approximate surface area is 95.7 Å². The fourth-order valence-electron chi connectivity index (χ4n) is 1.18. The van der Waals surface area contributed by atoms with Crippen LogP contribution in [0.15, 0.2) is 36.4 Å². The first-order valence-electron chi connectivity index (χ1n) is 5.09. The molecule has 0 N–H and O–H groups in total. The van der Waals surface area contributed by atoms with Crippen LogP contribution in [0.25, 0.3) is 0 Å². The number of carbonyl (C=O) groups excluding carboxylic acids is 1. The van der Waals surface area contributed by atoms with Crippen molar-refractivity contribution in [2.75, 3.05) is 13.7 Å². The Bertz CT molecular complexity index is 365. The molecule has 1 aromatic carbocycles. The van der Waals surface area contributed by atoms with Crippen molar-refractivity contribution in [3.8, 4) is 5.75 Å². The number of ether oxygens (including phenoxy) is 2. The van der Waals surface area contributed by atoms with E-state index in [9.17, 15) is 4.79 Å². The van der Waals surface area contributed by atoms with Crippen LogP contribution in [0.2, 0.25) is 0 Å². The fraction of sp³-hybridized carbons (Fsp3) is 0.308. The highest BCUT2D eigenvalue weighted by Gasteiger charge is 2.02. The molecule has 0 bridgehead atoms. The lowest BCUT2D eigenvalue weighted by atomic mass is 10.1. The van der Waals surface area contributed by atoms with Gasteiger partial charge in [-0.05, 0) is 24.6 Å². The SMILES string of the molecule is C=C(C)C(=O)OCCc1ccc(OC)cc1. The van der Waals surface area contributed by atoms with Crippen LogP contribution in [0.4, 0.5) is 0 Å². The third-order valence-electron chi connectivity index (χ3n) is 2.13. The normalized spacial score (nSPS) is 9.62. The summed E-state index contributed by atoms with van der Waals surface area (Å²) in [7, 11) is 1.63. The van der Waals surface area contributed by atoms with Crippen LogP contribution in [0.3, 0.4) is 0 Å². The number of methoxy groups -OCH3 is 1. The Balaban J connectivity index is 2.37. The van der Waals surface area contributed by atoms with Crippen molar-refractivity contribution < 1.29 is 14.3 Å². The molecule has 0 fully saturated rings. The first-order chi connectivity index (χ1) is 7.63. The summed E-state index contributed by atoms with van der Waals surface area (Å²) < 4.78 is 10.0. The van der Waals surface area contributed by atoms with Gasteiger partial charge >= 0.3 is 5.97 Å². The second-order valence-corrected chi connectivity index (χ2v) is 3.51.